The largest absolute Gasteiger partial charge is 0.370 e. The summed E-state index contributed by atoms with van der Waals surface area (Å²) in [6.45, 7) is 0.853. The number of hydrogen-bond acceptors (Lipinski definition) is 1. The summed E-state index contributed by atoms with van der Waals surface area (Å²) in [7, 11) is 2.13. The molecule has 0 bridgehead atoms. The van der Waals surface area contributed by atoms with Gasteiger partial charge in [-0.15, -0.1) is 0 Å². The standard InChI is InChI=1S/C16H13N4/c1-18-13-6-2-3-7-14(13)20-10-15-11-5-4-8-17-12(11)9-19(15)16(18)20/h2-8,10H,9H2,1H3/q+1. The Bertz CT molecular complexity index is 990. The summed E-state index contributed by atoms with van der Waals surface area (Å²) in [6, 6.07) is 12.7. The highest BCUT2D eigenvalue weighted by atomic mass is 15.3. The zero-order chi connectivity index (χ0) is 13.3. The number of imidazole rings is 2. The van der Waals surface area contributed by atoms with Gasteiger partial charge in [-0.05, 0) is 24.3 Å². The molecule has 1 aliphatic heterocycles. The number of pyridine rings is 1. The number of para-hydroxylation sites is 2. The highest BCUT2D eigenvalue weighted by Crippen LogP contribution is 2.33. The highest BCUT2D eigenvalue weighted by molar-refractivity contribution is 5.78. The molecule has 0 unspecified atom stereocenters. The Kier molecular flexibility index (Phi) is 1.67. The van der Waals surface area contributed by atoms with Crippen molar-refractivity contribution in [1.82, 2.24) is 14.0 Å². The number of rotatable bonds is 0. The fraction of sp³-hybridized carbons (Fsp3) is 0.125. The van der Waals surface area contributed by atoms with Crippen LogP contribution >= 0.6 is 0 Å². The van der Waals surface area contributed by atoms with Gasteiger partial charge in [0.25, 0.3) is 0 Å². The quantitative estimate of drug-likeness (QED) is 0.392. The number of aromatic nitrogens is 4. The molecule has 1 aromatic carbocycles. The molecule has 96 valence electrons. The molecule has 4 heteroatoms. The van der Waals surface area contributed by atoms with Crippen molar-refractivity contribution in [3.05, 3.63) is 54.5 Å². The van der Waals surface area contributed by atoms with Crippen LogP contribution in [0.25, 0.3) is 28.1 Å². The van der Waals surface area contributed by atoms with E-state index in [1.807, 2.05) is 12.3 Å². The molecule has 0 saturated carbocycles. The fourth-order valence-corrected chi connectivity index (χ4v) is 3.38. The molecule has 0 N–H and O–H groups in total. The van der Waals surface area contributed by atoms with Gasteiger partial charge in [-0.2, -0.15) is 4.40 Å². The molecular formula is C16H13N4+. The van der Waals surface area contributed by atoms with Gasteiger partial charge in [0.1, 0.15) is 29.5 Å². The van der Waals surface area contributed by atoms with Gasteiger partial charge in [0.05, 0.1) is 12.7 Å². The van der Waals surface area contributed by atoms with Crippen molar-refractivity contribution >= 4 is 16.8 Å². The molecule has 1 aliphatic rings. The van der Waals surface area contributed by atoms with Crippen LogP contribution in [0.4, 0.5) is 0 Å². The molecule has 20 heavy (non-hydrogen) atoms. The molecule has 0 saturated heterocycles. The second-order valence-corrected chi connectivity index (χ2v) is 5.32. The first kappa shape index (κ1) is 10.2. The summed E-state index contributed by atoms with van der Waals surface area (Å²) in [5, 5.41) is 0. The van der Waals surface area contributed by atoms with Crippen molar-refractivity contribution in [2.45, 2.75) is 6.54 Å². The lowest BCUT2D eigenvalue weighted by Crippen LogP contribution is -2.29. The molecule has 0 aliphatic carbocycles. The second-order valence-electron chi connectivity index (χ2n) is 5.32. The average molecular weight is 261 g/mol. The van der Waals surface area contributed by atoms with E-state index < -0.39 is 0 Å². The maximum absolute atomic E-state index is 4.50. The predicted molar refractivity (Wildman–Crippen MR) is 76.4 cm³/mol. The Hall–Kier alpha value is -2.62. The van der Waals surface area contributed by atoms with Crippen LogP contribution in [0.15, 0.2) is 48.8 Å². The lowest BCUT2D eigenvalue weighted by molar-refractivity contribution is -0.621. The molecule has 0 radical (unpaired) electrons. The molecule has 4 heterocycles. The van der Waals surface area contributed by atoms with Crippen molar-refractivity contribution in [2.75, 3.05) is 0 Å². The number of benzene rings is 1. The molecule has 0 amide bonds. The average Bonchev–Trinajstić information content (AvgIpc) is 3.09. The van der Waals surface area contributed by atoms with E-state index in [9.17, 15) is 0 Å². The van der Waals surface area contributed by atoms with Crippen molar-refractivity contribution in [3.8, 4) is 11.3 Å². The van der Waals surface area contributed by atoms with Crippen LogP contribution in [0.3, 0.4) is 0 Å². The number of aryl methyl sites for hydroxylation is 1. The molecule has 0 spiro atoms. The molecule has 5 rings (SSSR count). The monoisotopic (exact) mass is 261 g/mol. The van der Waals surface area contributed by atoms with Crippen molar-refractivity contribution in [2.24, 2.45) is 7.05 Å². The minimum absolute atomic E-state index is 0.853. The van der Waals surface area contributed by atoms with Crippen molar-refractivity contribution in [1.29, 1.82) is 0 Å². The maximum Gasteiger partial charge on any atom is 0.370 e. The zero-order valence-corrected chi connectivity index (χ0v) is 11.1. The first-order chi connectivity index (χ1) is 9.84. The minimum atomic E-state index is 0.853. The van der Waals surface area contributed by atoms with Gasteiger partial charge in [-0.25, -0.2) is 9.13 Å². The van der Waals surface area contributed by atoms with Gasteiger partial charge in [0.2, 0.25) is 0 Å². The topological polar surface area (TPSA) is 26.1 Å². The molecule has 0 fully saturated rings. The summed E-state index contributed by atoms with van der Waals surface area (Å²) in [4.78, 5) is 4.50. The summed E-state index contributed by atoms with van der Waals surface area (Å²) in [5.41, 5.74) is 6.17. The van der Waals surface area contributed by atoms with E-state index in [1.54, 1.807) is 0 Å². The second kappa shape index (κ2) is 3.28. The van der Waals surface area contributed by atoms with Crippen LogP contribution in [0.2, 0.25) is 0 Å². The summed E-state index contributed by atoms with van der Waals surface area (Å²) < 4.78 is 6.88. The summed E-state index contributed by atoms with van der Waals surface area (Å²) in [6.07, 6.45) is 4.10. The maximum atomic E-state index is 4.50. The van der Waals surface area contributed by atoms with Crippen LogP contribution < -0.4 is 4.57 Å². The zero-order valence-electron chi connectivity index (χ0n) is 11.1. The van der Waals surface area contributed by atoms with Crippen molar-refractivity contribution < 1.29 is 4.57 Å². The third-order valence-electron chi connectivity index (χ3n) is 4.28. The van der Waals surface area contributed by atoms with Crippen LogP contribution in [0.5, 0.6) is 0 Å². The van der Waals surface area contributed by atoms with E-state index in [4.69, 9.17) is 0 Å². The first-order valence-corrected chi connectivity index (χ1v) is 6.77. The lowest BCUT2D eigenvalue weighted by atomic mass is 10.2. The molecule has 4 nitrogen and oxygen atoms in total. The van der Waals surface area contributed by atoms with Gasteiger partial charge in [0, 0.05) is 11.8 Å². The van der Waals surface area contributed by atoms with E-state index in [-0.39, 0.29) is 0 Å². The minimum Gasteiger partial charge on any atom is -0.257 e. The highest BCUT2D eigenvalue weighted by Gasteiger charge is 2.31. The molecule has 3 aromatic heterocycles. The van der Waals surface area contributed by atoms with Gasteiger partial charge >= 0.3 is 5.78 Å². The first-order valence-electron chi connectivity index (χ1n) is 6.77. The Morgan fingerprint density at radius 3 is 3.00 bits per heavy atom. The van der Waals surface area contributed by atoms with E-state index in [0.29, 0.717) is 0 Å². The van der Waals surface area contributed by atoms with E-state index >= 15 is 0 Å². The number of nitrogens with zero attached hydrogens (tertiary/aromatic N) is 4. The Morgan fingerprint density at radius 2 is 2.05 bits per heavy atom. The van der Waals surface area contributed by atoms with Gasteiger partial charge < -0.3 is 0 Å². The van der Waals surface area contributed by atoms with Crippen molar-refractivity contribution in [3.63, 3.8) is 0 Å². The number of hydrogen-bond donors (Lipinski definition) is 0. The fourth-order valence-electron chi connectivity index (χ4n) is 3.38. The van der Waals surface area contributed by atoms with E-state index in [0.717, 1.165) is 12.2 Å². The van der Waals surface area contributed by atoms with Gasteiger partial charge in [0.15, 0.2) is 0 Å². The third kappa shape index (κ3) is 1.04. The van der Waals surface area contributed by atoms with Crippen LogP contribution in [0, 0.1) is 0 Å². The normalized spacial score (nSPS) is 13.1. The van der Waals surface area contributed by atoms with Gasteiger partial charge in [-0.3, -0.25) is 4.98 Å². The molecule has 0 atom stereocenters. The molecular weight excluding hydrogens is 248 g/mol. The summed E-state index contributed by atoms with van der Waals surface area (Å²) in [5.74, 6) is 1.21. The molecule has 4 aromatic rings. The Labute approximate surface area is 115 Å². The van der Waals surface area contributed by atoms with E-state index in [1.165, 1.54) is 28.1 Å². The van der Waals surface area contributed by atoms with Crippen LogP contribution in [-0.2, 0) is 13.6 Å². The predicted octanol–water partition coefficient (Wildman–Crippen LogP) is 2.14. The van der Waals surface area contributed by atoms with Crippen LogP contribution in [-0.4, -0.2) is 14.0 Å². The summed E-state index contributed by atoms with van der Waals surface area (Å²) >= 11 is 0. The smallest absolute Gasteiger partial charge is 0.257 e. The third-order valence-corrected chi connectivity index (χ3v) is 4.28. The lowest BCUT2D eigenvalue weighted by Gasteiger charge is -1.93. The van der Waals surface area contributed by atoms with Crippen LogP contribution in [0.1, 0.15) is 5.69 Å². The Balaban J connectivity index is 1.97. The Morgan fingerprint density at radius 1 is 1.15 bits per heavy atom. The SMILES string of the molecule is C[n+]1c2ccccc2n2cc3n(c21)Cc1ncccc1-3. The van der Waals surface area contributed by atoms with E-state index in [2.05, 4.69) is 62.1 Å². The van der Waals surface area contributed by atoms with Gasteiger partial charge in [-0.1, -0.05) is 12.1 Å². The number of fused-ring (bicyclic) bond motifs is 7.